The molecule has 3 nitrogen and oxygen atoms in total. The lowest BCUT2D eigenvalue weighted by atomic mass is 10.2. The van der Waals surface area contributed by atoms with Gasteiger partial charge in [-0.2, -0.15) is 0 Å². The molecule has 3 aromatic rings. The third-order valence-electron chi connectivity index (χ3n) is 3.39. The van der Waals surface area contributed by atoms with E-state index in [-0.39, 0.29) is 5.82 Å². The molecule has 0 aliphatic rings. The number of hydrogen-bond acceptors (Lipinski definition) is 2. The van der Waals surface area contributed by atoms with Crippen molar-refractivity contribution in [2.45, 2.75) is 19.9 Å². The van der Waals surface area contributed by atoms with Gasteiger partial charge in [-0.1, -0.05) is 18.5 Å². The average molecular weight is 304 g/mol. The predicted molar refractivity (Wildman–Crippen MR) is 84.8 cm³/mol. The highest BCUT2D eigenvalue weighted by atomic mass is 35.5. The van der Waals surface area contributed by atoms with Gasteiger partial charge in [0.25, 0.3) is 0 Å². The molecule has 0 unspecified atom stereocenters. The van der Waals surface area contributed by atoms with E-state index in [2.05, 4.69) is 16.5 Å². The Labute approximate surface area is 127 Å². The summed E-state index contributed by atoms with van der Waals surface area (Å²) in [6.45, 7) is 2.88. The smallest absolute Gasteiger partial charge is 0.142 e. The summed E-state index contributed by atoms with van der Waals surface area (Å²) in [4.78, 5) is 4.55. The van der Waals surface area contributed by atoms with Gasteiger partial charge < -0.3 is 10.3 Å². The van der Waals surface area contributed by atoms with Crippen molar-refractivity contribution < 1.29 is 4.39 Å². The fourth-order valence-corrected chi connectivity index (χ4v) is 2.74. The Kier molecular flexibility index (Phi) is 3.55. The third kappa shape index (κ3) is 2.47. The van der Waals surface area contributed by atoms with Crippen molar-refractivity contribution in [2.75, 3.05) is 5.73 Å². The fourth-order valence-electron chi connectivity index (χ4n) is 2.47. The van der Waals surface area contributed by atoms with E-state index >= 15 is 0 Å². The van der Waals surface area contributed by atoms with Gasteiger partial charge >= 0.3 is 0 Å². The van der Waals surface area contributed by atoms with Gasteiger partial charge in [-0.3, -0.25) is 0 Å². The van der Waals surface area contributed by atoms with E-state index in [1.807, 2.05) is 6.07 Å². The first kappa shape index (κ1) is 13.9. The van der Waals surface area contributed by atoms with Crippen LogP contribution in [0, 0.1) is 5.82 Å². The number of aromatic nitrogens is 2. The first-order chi connectivity index (χ1) is 10.1. The zero-order valence-electron chi connectivity index (χ0n) is 11.6. The summed E-state index contributed by atoms with van der Waals surface area (Å²) >= 11 is 6.29. The minimum Gasteiger partial charge on any atom is -0.399 e. The van der Waals surface area contributed by atoms with Crippen LogP contribution in [0.5, 0.6) is 0 Å². The maximum atomic E-state index is 13.4. The maximum Gasteiger partial charge on any atom is 0.142 e. The lowest BCUT2D eigenvalue weighted by Gasteiger charge is -2.09. The first-order valence-corrected chi connectivity index (χ1v) is 7.19. The van der Waals surface area contributed by atoms with Crippen LogP contribution >= 0.6 is 11.6 Å². The van der Waals surface area contributed by atoms with E-state index in [1.54, 1.807) is 18.2 Å². The van der Waals surface area contributed by atoms with E-state index < -0.39 is 0 Å². The minimum absolute atomic E-state index is 0.293. The molecule has 0 aliphatic heterocycles. The second-order valence-electron chi connectivity index (χ2n) is 4.96. The van der Waals surface area contributed by atoms with Gasteiger partial charge in [0.2, 0.25) is 0 Å². The summed E-state index contributed by atoms with van der Waals surface area (Å²) < 4.78 is 15.5. The molecule has 2 N–H and O–H groups in total. The fraction of sp³-hybridized carbons (Fsp3) is 0.188. The van der Waals surface area contributed by atoms with Crippen molar-refractivity contribution in [3.8, 4) is 11.4 Å². The number of hydrogen-bond donors (Lipinski definition) is 1. The molecular formula is C16H15ClFN3. The Hall–Kier alpha value is -2.07. The number of rotatable bonds is 3. The molecule has 0 radical (unpaired) electrons. The number of nitrogens with zero attached hydrogens (tertiary/aromatic N) is 2. The van der Waals surface area contributed by atoms with Crippen molar-refractivity contribution in [2.24, 2.45) is 0 Å². The van der Waals surface area contributed by atoms with Crippen LogP contribution in [0.2, 0.25) is 5.02 Å². The summed E-state index contributed by atoms with van der Waals surface area (Å²) in [6, 6.07) is 9.98. The van der Waals surface area contributed by atoms with Crippen LogP contribution in [0.25, 0.3) is 22.4 Å². The second kappa shape index (κ2) is 5.37. The maximum absolute atomic E-state index is 13.4. The summed E-state index contributed by atoms with van der Waals surface area (Å²) in [5.74, 6) is 0.445. The first-order valence-electron chi connectivity index (χ1n) is 6.81. The molecule has 0 bridgehead atoms. The molecule has 2 aromatic carbocycles. The van der Waals surface area contributed by atoms with E-state index in [1.165, 1.54) is 12.1 Å². The van der Waals surface area contributed by atoms with E-state index in [0.29, 0.717) is 16.2 Å². The standard InChI is InChI=1S/C16H15ClFN3/c1-2-7-21-15-6-3-10(18)8-14(15)20-16(21)12-5-4-11(19)9-13(12)17/h3-6,8-9H,2,7,19H2,1H3. The van der Waals surface area contributed by atoms with Gasteiger partial charge in [0, 0.05) is 23.9 Å². The average Bonchev–Trinajstić information content (AvgIpc) is 2.77. The molecule has 0 amide bonds. The number of nitrogens with two attached hydrogens (primary N) is 1. The normalized spacial score (nSPS) is 11.2. The van der Waals surface area contributed by atoms with E-state index in [9.17, 15) is 4.39 Å². The number of aryl methyl sites for hydroxylation is 1. The Balaban J connectivity index is 2.27. The van der Waals surface area contributed by atoms with Crippen molar-refractivity contribution in [1.82, 2.24) is 9.55 Å². The molecule has 0 saturated heterocycles. The van der Waals surface area contributed by atoms with Gasteiger partial charge in [0.05, 0.1) is 16.1 Å². The zero-order valence-corrected chi connectivity index (χ0v) is 12.4. The van der Waals surface area contributed by atoms with Gasteiger partial charge in [0.15, 0.2) is 0 Å². The monoisotopic (exact) mass is 303 g/mol. The number of halogens is 2. The van der Waals surface area contributed by atoms with Gasteiger partial charge in [-0.15, -0.1) is 0 Å². The third-order valence-corrected chi connectivity index (χ3v) is 3.70. The summed E-state index contributed by atoms with van der Waals surface area (Å²) in [5.41, 5.74) is 8.68. The second-order valence-corrected chi connectivity index (χ2v) is 5.37. The molecule has 0 aliphatic carbocycles. The molecule has 3 rings (SSSR count). The topological polar surface area (TPSA) is 43.8 Å². The number of imidazole rings is 1. The van der Waals surface area contributed by atoms with Crippen LogP contribution in [0.1, 0.15) is 13.3 Å². The summed E-state index contributed by atoms with van der Waals surface area (Å²) in [5, 5.41) is 0.545. The molecule has 1 heterocycles. The van der Waals surface area contributed by atoms with Crippen LogP contribution in [0.4, 0.5) is 10.1 Å². The molecule has 5 heteroatoms. The van der Waals surface area contributed by atoms with E-state index in [4.69, 9.17) is 17.3 Å². The largest absolute Gasteiger partial charge is 0.399 e. The van der Waals surface area contributed by atoms with Gasteiger partial charge in [0.1, 0.15) is 11.6 Å². The molecule has 0 fully saturated rings. The quantitative estimate of drug-likeness (QED) is 0.725. The molecule has 1 aromatic heterocycles. The molecular weight excluding hydrogens is 289 g/mol. The highest BCUT2D eigenvalue weighted by Gasteiger charge is 2.15. The SMILES string of the molecule is CCCn1c(-c2ccc(N)cc2Cl)nc2cc(F)ccc21. The number of benzene rings is 2. The highest BCUT2D eigenvalue weighted by Crippen LogP contribution is 2.32. The lowest BCUT2D eigenvalue weighted by Crippen LogP contribution is -2.00. The molecule has 21 heavy (non-hydrogen) atoms. The number of fused-ring (bicyclic) bond motifs is 1. The predicted octanol–water partition coefficient (Wildman–Crippen LogP) is 4.49. The van der Waals surface area contributed by atoms with Gasteiger partial charge in [-0.25, -0.2) is 9.37 Å². The molecule has 108 valence electrons. The summed E-state index contributed by atoms with van der Waals surface area (Å²) in [6.07, 6.45) is 0.947. The summed E-state index contributed by atoms with van der Waals surface area (Å²) in [7, 11) is 0. The highest BCUT2D eigenvalue weighted by molar-refractivity contribution is 6.33. The number of nitrogen functional groups attached to an aromatic ring is 1. The van der Waals surface area contributed by atoms with E-state index in [0.717, 1.165) is 29.9 Å². The van der Waals surface area contributed by atoms with Crippen LogP contribution in [0.3, 0.4) is 0 Å². The van der Waals surface area contributed by atoms with Crippen molar-refractivity contribution in [3.05, 3.63) is 47.2 Å². The zero-order chi connectivity index (χ0) is 15.0. The van der Waals surface area contributed by atoms with Crippen molar-refractivity contribution in [3.63, 3.8) is 0 Å². The van der Waals surface area contributed by atoms with Gasteiger partial charge in [-0.05, 0) is 36.8 Å². The van der Waals surface area contributed by atoms with Crippen LogP contribution < -0.4 is 5.73 Å². The van der Waals surface area contributed by atoms with Crippen LogP contribution in [-0.4, -0.2) is 9.55 Å². The number of anilines is 1. The lowest BCUT2D eigenvalue weighted by molar-refractivity contribution is 0.629. The molecule has 0 spiro atoms. The molecule has 0 atom stereocenters. The van der Waals surface area contributed by atoms with Crippen molar-refractivity contribution >= 4 is 28.3 Å². The minimum atomic E-state index is -0.293. The Morgan fingerprint density at radius 2 is 2.05 bits per heavy atom. The van der Waals surface area contributed by atoms with Crippen LogP contribution in [-0.2, 0) is 6.54 Å². The Morgan fingerprint density at radius 3 is 2.76 bits per heavy atom. The van der Waals surface area contributed by atoms with Crippen molar-refractivity contribution in [1.29, 1.82) is 0 Å². The molecule has 0 saturated carbocycles. The Morgan fingerprint density at radius 1 is 1.24 bits per heavy atom. The Bertz CT molecular complexity index is 811. The van der Waals surface area contributed by atoms with Crippen LogP contribution in [0.15, 0.2) is 36.4 Å².